The summed E-state index contributed by atoms with van der Waals surface area (Å²) in [5, 5.41) is 9.43. The SMILES string of the molecule is O=C(O)CN1C2C=CC=CC2C2CCN(CC3CCCCC3)C(=S)C21. The predicted octanol–water partition coefficient (Wildman–Crippen LogP) is 3.10. The first kappa shape index (κ1) is 17.2. The van der Waals surface area contributed by atoms with Gasteiger partial charge >= 0.3 is 5.97 Å². The van der Waals surface area contributed by atoms with Crippen LogP contribution in [0, 0.1) is 17.8 Å². The lowest BCUT2D eigenvalue weighted by atomic mass is 9.80. The summed E-state index contributed by atoms with van der Waals surface area (Å²) in [6.07, 6.45) is 16.4. The van der Waals surface area contributed by atoms with Gasteiger partial charge in [-0.25, -0.2) is 0 Å². The van der Waals surface area contributed by atoms with Crippen molar-refractivity contribution >= 4 is 23.2 Å². The van der Waals surface area contributed by atoms with E-state index in [4.69, 9.17) is 12.2 Å². The van der Waals surface area contributed by atoms with Crippen LogP contribution in [0.25, 0.3) is 0 Å². The van der Waals surface area contributed by atoms with E-state index in [2.05, 4.69) is 34.1 Å². The molecule has 4 atom stereocenters. The summed E-state index contributed by atoms with van der Waals surface area (Å²) in [5.41, 5.74) is 0. The van der Waals surface area contributed by atoms with Crippen molar-refractivity contribution in [3.8, 4) is 0 Å². The lowest BCUT2D eigenvalue weighted by Gasteiger charge is -2.42. The molecule has 4 nitrogen and oxygen atoms in total. The molecule has 0 amide bonds. The third-order valence-electron chi connectivity index (χ3n) is 6.61. The second-order valence-electron chi connectivity index (χ2n) is 8.09. The van der Waals surface area contributed by atoms with Crippen LogP contribution in [-0.2, 0) is 4.79 Å². The van der Waals surface area contributed by atoms with Gasteiger partial charge in [0.2, 0.25) is 0 Å². The molecule has 5 heteroatoms. The summed E-state index contributed by atoms with van der Waals surface area (Å²) < 4.78 is 0. The lowest BCUT2D eigenvalue weighted by molar-refractivity contribution is -0.138. The summed E-state index contributed by atoms with van der Waals surface area (Å²) in [5.74, 6) is 0.874. The minimum Gasteiger partial charge on any atom is -0.480 e. The number of carboxylic acids is 1. The first-order chi connectivity index (χ1) is 12.1. The first-order valence-corrected chi connectivity index (χ1v) is 10.2. The Morgan fingerprint density at radius 2 is 1.92 bits per heavy atom. The summed E-state index contributed by atoms with van der Waals surface area (Å²) in [6, 6.07) is 0.287. The van der Waals surface area contributed by atoms with Crippen LogP contribution in [0.5, 0.6) is 0 Å². The van der Waals surface area contributed by atoms with Gasteiger partial charge < -0.3 is 10.0 Å². The highest BCUT2D eigenvalue weighted by molar-refractivity contribution is 7.80. The molecule has 2 aliphatic heterocycles. The van der Waals surface area contributed by atoms with Gasteiger partial charge in [0.1, 0.15) is 0 Å². The molecule has 0 radical (unpaired) electrons. The van der Waals surface area contributed by atoms with E-state index in [0.29, 0.717) is 11.8 Å². The number of thiocarbonyl (C=S) groups is 1. The van der Waals surface area contributed by atoms with Crippen molar-refractivity contribution in [3.63, 3.8) is 0 Å². The van der Waals surface area contributed by atoms with Crippen molar-refractivity contribution in [2.24, 2.45) is 17.8 Å². The standard InChI is InChI=1S/C20H28N2O2S/c23-18(24)13-22-17-9-5-4-8-15(17)16-10-11-21(20(25)19(16)22)12-14-6-2-1-3-7-14/h4-5,8-9,14-17,19H,1-3,6-7,10-13H2,(H,23,24). The van der Waals surface area contributed by atoms with Crippen molar-refractivity contribution in [1.82, 2.24) is 9.80 Å². The number of rotatable bonds is 4. The molecule has 25 heavy (non-hydrogen) atoms. The van der Waals surface area contributed by atoms with Gasteiger partial charge in [-0.1, -0.05) is 55.8 Å². The van der Waals surface area contributed by atoms with E-state index in [1.54, 1.807) is 0 Å². The van der Waals surface area contributed by atoms with Crippen molar-refractivity contribution in [2.75, 3.05) is 19.6 Å². The smallest absolute Gasteiger partial charge is 0.317 e. The summed E-state index contributed by atoms with van der Waals surface area (Å²) in [4.78, 5) is 17.0. The molecule has 0 aromatic heterocycles. The molecule has 2 saturated heterocycles. The fourth-order valence-corrected chi connectivity index (χ4v) is 5.96. The number of fused-ring (bicyclic) bond motifs is 3. The number of likely N-dealkylation sites (tertiary alicyclic amines) is 2. The summed E-state index contributed by atoms with van der Waals surface area (Å²) in [6.45, 7) is 2.19. The van der Waals surface area contributed by atoms with Crippen molar-refractivity contribution < 1.29 is 9.90 Å². The second-order valence-corrected chi connectivity index (χ2v) is 8.51. The average Bonchev–Trinajstić information content (AvgIpc) is 2.93. The van der Waals surface area contributed by atoms with E-state index in [9.17, 15) is 9.90 Å². The van der Waals surface area contributed by atoms with E-state index in [-0.39, 0.29) is 18.6 Å². The Balaban J connectivity index is 1.53. The molecule has 0 aromatic rings. The van der Waals surface area contributed by atoms with Gasteiger partial charge in [-0.15, -0.1) is 0 Å². The van der Waals surface area contributed by atoms with Crippen LogP contribution in [0.2, 0.25) is 0 Å². The highest BCUT2D eigenvalue weighted by Gasteiger charge is 2.52. The monoisotopic (exact) mass is 360 g/mol. The van der Waals surface area contributed by atoms with E-state index in [1.807, 2.05) is 0 Å². The van der Waals surface area contributed by atoms with Gasteiger partial charge in [-0.3, -0.25) is 9.69 Å². The summed E-state index contributed by atoms with van der Waals surface area (Å²) in [7, 11) is 0. The van der Waals surface area contributed by atoms with E-state index in [0.717, 1.165) is 30.4 Å². The normalized spacial score (nSPS) is 35.7. The van der Waals surface area contributed by atoms with Gasteiger partial charge in [0.25, 0.3) is 0 Å². The number of allylic oxidation sites excluding steroid dienone is 2. The minimum absolute atomic E-state index is 0.0813. The molecule has 1 N–H and O–H groups in total. The second kappa shape index (κ2) is 7.20. The Kier molecular flexibility index (Phi) is 4.96. The lowest BCUT2D eigenvalue weighted by Crippen LogP contribution is -2.54. The fraction of sp³-hybridized carbons (Fsp3) is 0.700. The molecule has 0 aromatic carbocycles. The van der Waals surface area contributed by atoms with E-state index < -0.39 is 5.97 Å². The van der Waals surface area contributed by atoms with Crippen LogP contribution in [0.3, 0.4) is 0 Å². The van der Waals surface area contributed by atoms with Crippen LogP contribution < -0.4 is 0 Å². The third kappa shape index (κ3) is 3.28. The highest BCUT2D eigenvalue weighted by Crippen LogP contribution is 2.44. The largest absolute Gasteiger partial charge is 0.480 e. The molecule has 4 aliphatic rings. The third-order valence-corrected chi connectivity index (χ3v) is 7.11. The van der Waals surface area contributed by atoms with Gasteiger partial charge in [-0.05, 0) is 31.1 Å². The number of aliphatic carboxylic acids is 1. The zero-order chi connectivity index (χ0) is 17.4. The van der Waals surface area contributed by atoms with Gasteiger partial charge in [0.15, 0.2) is 0 Å². The zero-order valence-electron chi connectivity index (χ0n) is 14.7. The van der Waals surface area contributed by atoms with Crippen molar-refractivity contribution in [1.29, 1.82) is 0 Å². The molecule has 136 valence electrons. The van der Waals surface area contributed by atoms with Crippen LogP contribution in [0.4, 0.5) is 0 Å². The maximum atomic E-state index is 11.5. The highest BCUT2D eigenvalue weighted by atomic mass is 32.1. The molecule has 2 aliphatic carbocycles. The average molecular weight is 361 g/mol. The number of hydrogen-bond acceptors (Lipinski definition) is 3. The number of hydrogen-bond donors (Lipinski definition) is 1. The zero-order valence-corrected chi connectivity index (χ0v) is 15.5. The Hall–Kier alpha value is -1.20. The molecule has 4 rings (SSSR count). The Bertz CT molecular complexity index is 597. The Morgan fingerprint density at radius 1 is 1.16 bits per heavy atom. The maximum absolute atomic E-state index is 11.5. The maximum Gasteiger partial charge on any atom is 0.317 e. The van der Waals surface area contributed by atoms with Crippen molar-refractivity contribution in [2.45, 2.75) is 50.6 Å². The van der Waals surface area contributed by atoms with Crippen LogP contribution >= 0.6 is 12.2 Å². The van der Waals surface area contributed by atoms with Crippen molar-refractivity contribution in [3.05, 3.63) is 24.3 Å². The molecular weight excluding hydrogens is 332 g/mol. The van der Waals surface area contributed by atoms with Gasteiger partial charge in [0, 0.05) is 25.0 Å². The summed E-state index contributed by atoms with van der Waals surface area (Å²) >= 11 is 5.93. The molecular formula is C20H28N2O2S. The topological polar surface area (TPSA) is 43.8 Å². The minimum atomic E-state index is -0.755. The number of carboxylic acid groups (broad SMARTS) is 1. The fourth-order valence-electron chi connectivity index (χ4n) is 5.48. The molecule has 2 heterocycles. The molecule has 3 fully saturated rings. The van der Waals surface area contributed by atoms with Crippen LogP contribution in [0.15, 0.2) is 24.3 Å². The molecule has 0 bridgehead atoms. The molecule has 0 spiro atoms. The Labute approximate surface area is 155 Å². The quantitative estimate of drug-likeness (QED) is 0.781. The first-order valence-electron chi connectivity index (χ1n) is 9.76. The molecule has 4 unspecified atom stereocenters. The molecule has 1 saturated carbocycles. The van der Waals surface area contributed by atoms with Crippen LogP contribution in [0.1, 0.15) is 38.5 Å². The number of carbonyl (C=O) groups is 1. The predicted molar refractivity (Wildman–Crippen MR) is 103 cm³/mol. The van der Waals surface area contributed by atoms with Gasteiger partial charge in [-0.2, -0.15) is 0 Å². The van der Waals surface area contributed by atoms with Crippen LogP contribution in [-0.4, -0.2) is 57.6 Å². The number of piperidine rings is 1. The number of nitrogens with zero attached hydrogens (tertiary/aromatic N) is 2. The van der Waals surface area contributed by atoms with Gasteiger partial charge in [0.05, 0.1) is 17.6 Å². The van der Waals surface area contributed by atoms with E-state index in [1.165, 1.54) is 32.1 Å². The Morgan fingerprint density at radius 3 is 2.68 bits per heavy atom. The van der Waals surface area contributed by atoms with E-state index >= 15 is 0 Å².